The lowest BCUT2D eigenvalue weighted by Gasteiger charge is -2.19. The first-order chi connectivity index (χ1) is 14.8. The molecule has 2 aromatic rings. The molecule has 0 saturated carbocycles. The van der Waals surface area contributed by atoms with E-state index in [9.17, 15) is 4.79 Å². The second kappa shape index (κ2) is 11.7. The van der Waals surface area contributed by atoms with Crippen molar-refractivity contribution < 1.29 is 15.3 Å². The second-order valence-electron chi connectivity index (χ2n) is 9.44. The number of carbonyl (C=O) groups is 1. The third-order valence-corrected chi connectivity index (χ3v) is 4.95. The first kappa shape index (κ1) is 27.2. The number of ether oxygens (including phenoxy) is 1. The highest BCUT2D eigenvalue weighted by molar-refractivity contribution is 7.81. The SMILES string of the molecule is CC(C)(C)c1ccc([NH3+])cc1.CCOC(=O)C(=C=[N-])C(=S)Nc1ccc(C(C)(C)C)cc1. The number of nitrogens with one attached hydrogen (secondary N) is 1. The number of hydrogen-bond acceptors (Lipinski definition) is 3. The van der Waals surface area contributed by atoms with E-state index in [0.29, 0.717) is 0 Å². The zero-order chi connectivity index (χ0) is 24.5. The van der Waals surface area contributed by atoms with Gasteiger partial charge in [-0.3, -0.25) is 5.87 Å². The first-order valence-electron chi connectivity index (χ1n) is 10.6. The van der Waals surface area contributed by atoms with E-state index in [1.807, 2.05) is 24.3 Å². The quantitative estimate of drug-likeness (QED) is 0.284. The molecule has 0 fully saturated rings. The van der Waals surface area contributed by atoms with E-state index in [1.165, 1.54) is 11.1 Å². The van der Waals surface area contributed by atoms with Crippen LogP contribution in [0.3, 0.4) is 0 Å². The van der Waals surface area contributed by atoms with Gasteiger partial charge >= 0.3 is 5.97 Å². The van der Waals surface area contributed by atoms with Crippen LogP contribution in [0.15, 0.2) is 54.1 Å². The molecule has 0 saturated heterocycles. The van der Waals surface area contributed by atoms with Gasteiger partial charge in [0.2, 0.25) is 0 Å². The van der Waals surface area contributed by atoms with Gasteiger partial charge in [0.05, 0.1) is 6.61 Å². The molecule has 0 spiro atoms. The van der Waals surface area contributed by atoms with E-state index in [4.69, 9.17) is 22.4 Å². The summed E-state index contributed by atoms with van der Waals surface area (Å²) in [4.78, 5) is 11.7. The van der Waals surface area contributed by atoms with Crippen LogP contribution in [0.1, 0.15) is 59.6 Å². The number of benzene rings is 2. The maximum Gasteiger partial charge on any atom is 0.347 e. The second-order valence-corrected chi connectivity index (χ2v) is 9.84. The lowest BCUT2D eigenvalue weighted by atomic mass is 9.87. The fraction of sp³-hybridized carbons (Fsp3) is 0.385. The molecule has 0 aliphatic heterocycles. The Kier molecular flexibility index (Phi) is 9.98. The van der Waals surface area contributed by atoms with E-state index in [1.54, 1.807) is 12.8 Å². The number of nitrogens with zero attached hydrogens (tertiary/aromatic N) is 1. The molecule has 0 heterocycles. The Morgan fingerprint density at radius 1 is 0.969 bits per heavy atom. The topological polar surface area (TPSA) is 88.3 Å². The average molecular weight is 454 g/mol. The number of carbonyl (C=O) groups excluding carboxylic acids is 1. The van der Waals surface area contributed by atoms with E-state index in [2.05, 4.69) is 76.9 Å². The van der Waals surface area contributed by atoms with E-state index < -0.39 is 5.97 Å². The number of rotatable bonds is 4. The molecule has 2 aromatic carbocycles. The Labute approximate surface area is 197 Å². The summed E-state index contributed by atoms with van der Waals surface area (Å²) in [5, 5.41) is 11.9. The van der Waals surface area contributed by atoms with Crippen molar-refractivity contribution in [1.82, 2.24) is 0 Å². The Morgan fingerprint density at radius 3 is 1.78 bits per heavy atom. The van der Waals surface area contributed by atoms with Crippen molar-refractivity contribution in [3.8, 4) is 0 Å². The molecule has 4 N–H and O–H groups in total. The highest BCUT2D eigenvalue weighted by atomic mass is 32.1. The van der Waals surface area contributed by atoms with Crippen LogP contribution in [0, 0.1) is 0 Å². The molecule has 0 unspecified atom stereocenters. The molecular weight excluding hydrogens is 418 g/mol. The summed E-state index contributed by atoms with van der Waals surface area (Å²) in [6.45, 7) is 14.9. The van der Waals surface area contributed by atoms with Crippen LogP contribution in [0.2, 0.25) is 0 Å². The van der Waals surface area contributed by atoms with Crippen molar-refractivity contribution in [2.45, 2.75) is 59.3 Å². The van der Waals surface area contributed by atoms with E-state index >= 15 is 0 Å². The van der Waals surface area contributed by atoms with Crippen LogP contribution in [0.5, 0.6) is 0 Å². The smallest absolute Gasteiger partial charge is 0.347 e. The van der Waals surface area contributed by atoms with Crippen LogP contribution in [-0.2, 0) is 20.4 Å². The lowest BCUT2D eigenvalue weighted by Crippen LogP contribution is -2.40. The number of thiocarbonyl (C=S) groups is 1. The number of quaternary nitrogens is 1. The van der Waals surface area contributed by atoms with Crippen molar-refractivity contribution in [3.63, 3.8) is 0 Å². The number of anilines is 1. The van der Waals surface area contributed by atoms with Crippen molar-refractivity contribution in [2.24, 2.45) is 0 Å². The summed E-state index contributed by atoms with van der Waals surface area (Å²) < 4.78 is 4.79. The minimum absolute atomic E-state index is 0.0634. The molecule has 0 atom stereocenters. The third-order valence-electron chi connectivity index (χ3n) is 4.65. The van der Waals surface area contributed by atoms with Crippen LogP contribution in [-0.4, -0.2) is 23.4 Å². The molecule has 0 aliphatic rings. The Balaban J connectivity index is 0.000000389. The Morgan fingerprint density at radius 2 is 1.41 bits per heavy atom. The van der Waals surface area contributed by atoms with Crippen LogP contribution in [0.4, 0.5) is 11.4 Å². The highest BCUT2D eigenvalue weighted by Gasteiger charge is 2.16. The van der Waals surface area contributed by atoms with Crippen LogP contribution < -0.4 is 11.1 Å². The van der Waals surface area contributed by atoms with E-state index in [0.717, 1.165) is 11.4 Å². The standard InChI is InChI=1S/C16H19N2O2S.C10H15N/c1-5-20-15(19)13(10-17)14(21)18-12-8-6-11(7-9-12)16(2,3)4;1-10(2,3)8-4-6-9(11)7-5-8/h6-9H,5H2,1-4H3,(H,18,21);4-7H,11H2,1-3H3/q-1;/p+1. The summed E-state index contributed by atoms with van der Waals surface area (Å²) in [5.74, 6) is 1.08. The third kappa shape index (κ3) is 8.75. The number of hydrogen-bond donors (Lipinski definition) is 2. The van der Waals surface area contributed by atoms with Gasteiger partial charge in [-0.15, -0.1) is 0 Å². The summed E-state index contributed by atoms with van der Waals surface area (Å²) in [6, 6.07) is 16.1. The normalized spacial score (nSPS) is 10.9. The largest absolute Gasteiger partial charge is 0.762 e. The molecule has 172 valence electrons. The van der Waals surface area contributed by atoms with Crippen LogP contribution >= 0.6 is 12.2 Å². The van der Waals surface area contributed by atoms with Gasteiger partial charge in [-0.2, -0.15) is 0 Å². The minimum atomic E-state index is -0.705. The fourth-order valence-electron chi connectivity index (χ4n) is 2.64. The molecule has 0 radical (unpaired) electrons. The van der Waals surface area contributed by atoms with Gasteiger partial charge in [-0.05, 0) is 53.1 Å². The fourth-order valence-corrected chi connectivity index (χ4v) is 2.89. The molecule has 0 aliphatic carbocycles. The molecule has 32 heavy (non-hydrogen) atoms. The van der Waals surface area contributed by atoms with E-state index in [-0.39, 0.29) is 28.0 Å². The average Bonchev–Trinajstić information content (AvgIpc) is 2.68. The van der Waals surface area contributed by atoms with Gasteiger partial charge in [0.1, 0.15) is 16.2 Å². The number of esters is 1. The minimum Gasteiger partial charge on any atom is -0.762 e. The lowest BCUT2D eigenvalue weighted by molar-refractivity contribution is -0.254. The molecule has 5 nitrogen and oxygen atoms in total. The predicted octanol–water partition coefficient (Wildman–Crippen LogP) is 5.31. The zero-order valence-corrected chi connectivity index (χ0v) is 21.0. The summed E-state index contributed by atoms with van der Waals surface area (Å²) >= 11 is 5.08. The monoisotopic (exact) mass is 453 g/mol. The molecule has 2 rings (SSSR count). The Bertz CT molecular complexity index is 960. The maximum absolute atomic E-state index is 11.6. The van der Waals surface area contributed by atoms with Crippen molar-refractivity contribution in [3.05, 3.63) is 70.6 Å². The van der Waals surface area contributed by atoms with Crippen molar-refractivity contribution in [1.29, 1.82) is 0 Å². The first-order valence-corrected chi connectivity index (χ1v) is 11.0. The van der Waals surface area contributed by atoms with Gasteiger partial charge in [0.15, 0.2) is 0 Å². The van der Waals surface area contributed by atoms with Gasteiger partial charge < -0.3 is 21.2 Å². The van der Waals surface area contributed by atoms with Gasteiger partial charge in [-0.25, -0.2) is 4.79 Å². The highest BCUT2D eigenvalue weighted by Crippen LogP contribution is 2.24. The summed E-state index contributed by atoms with van der Waals surface area (Å²) in [5.41, 5.74) is 8.34. The summed E-state index contributed by atoms with van der Waals surface area (Å²) in [6.07, 6.45) is 0. The van der Waals surface area contributed by atoms with Crippen molar-refractivity contribution >= 4 is 40.4 Å². The molecule has 0 amide bonds. The molecular formula is C26H35N3O2S. The van der Waals surface area contributed by atoms with Crippen LogP contribution in [0.25, 0.3) is 5.41 Å². The molecule has 6 heteroatoms. The predicted molar refractivity (Wildman–Crippen MR) is 138 cm³/mol. The molecule has 0 bridgehead atoms. The van der Waals surface area contributed by atoms with Crippen molar-refractivity contribution in [2.75, 3.05) is 11.9 Å². The zero-order valence-electron chi connectivity index (χ0n) is 20.2. The van der Waals surface area contributed by atoms with Gasteiger partial charge in [-0.1, -0.05) is 78.0 Å². The molecule has 0 aromatic heterocycles. The van der Waals surface area contributed by atoms with Gasteiger partial charge in [0, 0.05) is 5.69 Å². The maximum atomic E-state index is 11.6. The summed E-state index contributed by atoms with van der Waals surface area (Å²) in [7, 11) is 0. The Hall–Kier alpha value is -2.79. The van der Waals surface area contributed by atoms with Gasteiger partial charge in [0.25, 0.3) is 0 Å².